The summed E-state index contributed by atoms with van der Waals surface area (Å²) in [6.07, 6.45) is 1.57. The average molecular weight is 481 g/mol. The quantitative estimate of drug-likeness (QED) is 0.232. The fourth-order valence-corrected chi connectivity index (χ4v) is 4.32. The summed E-state index contributed by atoms with van der Waals surface area (Å²) in [7, 11) is 0. The Morgan fingerprint density at radius 2 is 1.76 bits per heavy atom. The minimum Gasteiger partial charge on any atom is -0.487 e. The first kappa shape index (κ1) is 22.6. The lowest BCUT2D eigenvalue weighted by molar-refractivity contribution is -0.385. The van der Waals surface area contributed by atoms with Crippen molar-refractivity contribution in [3.8, 4) is 5.75 Å². The number of nitro benzene ring substituents is 1. The van der Waals surface area contributed by atoms with Crippen LogP contribution in [0.3, 0.4) is 0 Å². The molecule has 0 aliphatic carbocycles. The number of rotatable bonds is 7. The van der Waals surface area contributed by atoms with Gasteiger partial charge in [0.1, 0.15) is 12.4 Å². The molecule has 0 unspecified atom stereocenters. The summed E-state index contributed by atoms with van der Waals surface area (Å²) in [5.74, 6) is -0.00848. The van der Waals surface area contributed by atoms with Crippen LogP contribution < -0.4 is 4.74 Å². The first-order valence-electron chi connectivity index (χ1n) is 9.86. The Labute approximate surface area is 198 Å². The molecule has 33 heavy (non-hydrogen) atoms. The second kappa shape index (κ2) is 9.89. The van der Waals surface area contributed by atoms with E-state index in [0.717, 1.165) is 22.2 Å². The highest BCUT2D eigenvalue weighted by atomic mass is 35.5. The highest BCUT2D eigenvalue weighted by Gasteiger charge is 2.36. The van der Waals surface area contributed by atoms with E-state index in [1.54, 1.807) is 30.3 Å². The zero-order valence-electron chi connectivity index (χ0n) is 17.1. The second-order valence-corrected chi connectivity index (χ2v) is 8.52. The Kier molecular flexibility index (Phi) is 6.76. The first-order valence-corrected chi connectivity index (χ1v) is 11.1. The van der Waals surface area contributed by atoms with Crippen LogP contribution in [0.4, 0.5) is 10.5 Å². The molecular formula is C24H17ClN2O5S. The molecule has 0 N–H and O–H groups in total. The van der Waals surface area contributed by atoms with Crippen LogP contribution in [0.1, 0.15) is 16.7 Å². The zero-order valence-corrected chi connectivity index (χ0v) is 18.7. The van der Waals surface area contributed by atoms with Crippen molar-refractivity contribution in [2.75, 3.05) is 0 Å². The van der Waals surface area contributed by atoms with E-state index in [9.17, 15) is 19.7 Å². The van der Waals surface area contributed by atoms with Crippen LogP contribution in [0.15, 0.2) is 77.7 Å². The summed E-state index contributed by atoms with van der Waals surface area (Å²) < 4.78 is 5.76. The number of hydrogen-bond donors (Lipinski definition) is 0. The van der Waals surface area contributed by atoms with Crippen molar-refractivity contribution >= 4 is 46.3 Å². The van der Waals surface area contributed by atoms with Gasteiger partial charge in [-0.1, -0.05) is 66.2 Å². The van der Waals surface area contributed by atoms with E-state index in [-0.39, 0.29) is 22.7 Å². The van der Waals surface area contributed by atoms with Crippen molar-refractivity contribution in [2.24, 2.45) is 0 Å². The molecular weight excluding hydrogens is 464 g/mol. The molecule has 7 nitrogen and oxygen atoms in total. The van der Waals surface area contributed by atoms with E-state index in [2.05, 4.69) is 0 Å². The predicted octanol–water partition coefficient (Wildman–Crippen LogP) is 6.06. The normalized spacial score (nSPS) is 14.7. The number of amides is 2. The summed E-state index contributed by atoms with van der Waals surface area (Å²) in [4.78, 5) is 37.1. The predicted molar refractivity (Wildman–Crippen MR) is 127 cm³/mol. The van der Waals surface area contributed by atoms with E-state index in [1.807, 2.05) is 30.3 Å². The summed E-state index contributed by atoms with van der Waals surface area (Å²) >= 11 is 7.12. The molecule has 9 heteroatoms. The van der Waals surface area contributed by atoms with E-state index >= 15 is 0 Å². The molecule has 0 radical (unpaired) electrons. The molecule has 1 fully saturated rings. The molecule has 166 valence electrons. The van der Waals surface area contributed by atoms with Crippen LogP contribution in [0.5, 0.6) is 5.75 Å². The maximum atomic E-state index is 12.8. The Balaban J connectivity index is 1.48. The molecule has 2 amide bonds. The topological polar surface area (TPSA) is 89.8 Å². The highest BCUT2D eigenvalue weighted by Crippen LogP contribution is 2.35. The lowest BCUT2D eigenvalue weighted by Crippen LogP contribution is -2.27. The molecule has 0 atom stereocenters. The molecule has 1 saturated heterocycles. The fraction of sp³-hybridized carbons (Fsp3) is 0.0833. The number of carbonyl (C=O) groups excluding carboxylic acids is 2. The Morgan fingerprint density at radius 3 is 2.48 bits per heavy atom. The smallest absolute Gasteiger partial charge is 0.293 e. The van der Waals surface area contributed by atoms with E-state index < -0.39 is 16.1 Å². The second-order valence-electron chi connectivity index (χ2n) is 7.12. The van der Waals surface area contributed by atoms with Crippen molar-refractivity contribution in [3.05, 3.63) is 110 Å². The van der Waals surface area contributed by atoms with Crippen molar-refractivity contribution in [1.29, 1.82) is 0 Å². The summed E-state index contributed by atoms with van der Waals surface area (Å²) in [5.41, 5.74) is 1.78. The van der Waals surface area contributed by atoms with Gasteiger partial charge in [0.15, 0.2) is 0 Å². The third kappa shape index (κ3) is 5.24. The average Bonchev–Trinajstić information content (AvgIpc) is 3.07. The minimum absolute atomic E-state index is 0.140. The van der Waals surface area contributed by atoms with Gasteiger partial charge in [-0.15, -0.1) is 0 Å². The maximum absolute atomic E-state index is 12.8. The summed E-state index contributed by atoms with van der Waals surface area (Å²) in [6.45, 7) is 0.191. The molecule has 0 spiro atoms. The Morgan fingerprint density at radius 1 is 1.03 bits per heavy atom. The number of nitrogens with zero attached hydrogens (tertiary/aromatic N) is 2. The Hall–Kier alpha value is -3.62. The fourth-order valence-electron chi connectivity index (χ4n) is 3.24. The maximum Gasteiger partial charge on any atom is 0.293 e. The van der Waals surface area contributed by atoms with E-state index in [1.165, 1.54) is 18.2 Å². The van der Waals surface area contributed by atoms with Crippen LogP contribution in [-0.2, 0) is 17.9 Å². The molecule has 1 aliphatic heterocycles. The number of nitro groups is 1. The Bertz CT molecular complexity index is 1260. The number of halogens is 1. The minimum atomic E-state index is -0.534. The number of hydrogen-bond acceptors (Lipinski definition) is 6. The van der Waals surface area contributed by atoms with Gasteiger partial charge in [0, 0.05) is 11.6 Å². The van der Waals surface area contributed by atoms with Gasteiger partial charge in [-0.2, -0.15) is 0 Å². The lowest BCUT2D eigenvalue weighted by atomic mass is 10.1. The summed E-state index contributed by atoms with van der Waals surface area (Å²) in [5, 5.41) is 11.1. The molecule has 0 aromatic heterocycles. The van der Waals surface area contributed by atoms with E-state index in [0.29, 0.717) is 22.9 Å². The zero-order chi connectivity index (χ0) is 23.4. The monoisotopic (exact) mass is 480 g/mol. The van der Waals surface area contributed by atoms with Gasteiger partial charge in [-0.25, -0.2) is 0 Å². The van der Waals surface area contributed by atoms with Crippen LogP contribution in [0.2, 0.25) is 5.02 Å². The standard InChI is InChI=1S/C24H17ClN2O5S/c25-19-12-17(10-11-21(19)32-15-16-6-2-1-3-7-16)13-22-23(28)26(24(29)33-22)14-18-8-4-5-9-20(18)27(30)31/h1-13H,14-15H2/b22-13-. The van der Waals surface area contributed by atoms with Crippen molar-refractivity contribution < 1.29 is 19.2 Å². The van der Waals surface area contributed by atoms with Crippen LogP contribution >= 0.6 is 23.4 Å². The van der Waals surface area contributed by atoms with Crippen molar-refractivity contribution in [1.82, 2.24) is 4.90 Å². The van der Waals surface area contributed by atoms with Crippen LogP contribution in [0.25, 0.3) is 6.08 Å². The highest BCUT2D eigenvalue weighted by molar-refractivity contribution is 8.18. The first-order chi connectivity index (χ1) is 15.9. The van der Waals surface area contributed by atoms with Gasteiger partial charge in [-0.3, -0.25) is 24.6 Å². The third-order valence-electron chi connectivity index (χ3n) is 4.88. The molecule has 4 rings (SSSR count). The number of thioether (sulfide) groups is 1. The number of imide groups is 1. The van der Waals surface area contributed by atoms with Gasteiger partial charge in [0.2, 0.25) is 0 Å². The summed E-state index contributed by atoms with van der Waals surface area (Å²) in [6, 6.07) is 20.8. The molecule has 0 saturated carbocycles. The van der Waals surface area contributed by atoms with E-state index in [4.69, 9.17) is 16.3 Å². The molecule has 3 aromatic carbocycles. The van der Waals surface area contributed by atoms with Crippen LogP contribution in [-0.4, -0.2) is 21.0 Å². The molecule has 1 heterocycles. The molecule has 1 aliphatic rings. The molecule has 3 aromatic rings. The third-order valence-corrected chi connectivity index (χ3v) is 6.08. The number of para-hydroxylation sites is 1. The van der Waals surface area contributed by atoms with Crippen molar-refractivity contribution in [2.45, 2.75) is 13.2 Å². The van der Waals surface area contributed by atoms with Gasteiger partial charge in [0.25, 0.3) is 16.8 Å². The SMILES string of the molecule is O=C1S/C(=C\c2ccc(OCc3ccccc3)c(Cl)c2)C(=O)N1Cc1ccccc1[N+](=O)[O-]. The van der Waals surface area contributed by atoms with Crippen LogP contribution in [0, 0.1) is 10.1 Å². The number of ether oxygens (including phenoxy) is 1. The van der Waals surface area contributed by atoms with Gasteiger partial charge < -0.3 is 4.74 Å². The number of carbonyl (C=O) groups is 2. The van der Waals surface area contributed by atoms with Gasteiger partial charge in [0.05, 0.1) is 21.4 Å². The number of benzene rings is 3. The molecule has 0 bridgehead atoms. The largest absolute Gasteiger partial charge is 0.487 e. The van der Waals surface area contributed by atoms with Crippen molar-refractivity contribution in [3.63, 3.8) is 0 Å². The van der Waals surface area contributed by atoms with Gasteiger partial charge >= 0.3 is 0 Å². The lowest BCUT2D eigenvalue weighted by Gasteiger charge is -2.12. The van der Waals surface area contributed by atoms with Gasteiger partial charge in [-0.05, 0) is 41.1 Å².